The van der Waals surface area contributed by atoms with Crippen LogP contribution in [0.1, 0.15) is 84.8 Å². The van der Waals surface area contributed by atoms with Gasteiger partial charge in [-0.1, -0.05) is 61.0 Å². The van der Waals surface area contributed by atoms with Gasteiger partial charge in [0.25, 0.3) is 0 Å². The molecule has 0 saturated heterocycles. The molecule has 4 rings (SSSR count). The van der Waals surface area contributed by atoms with E-state index in [-0.39, 0.29) is 17.6 Å². The van der Waals surface area contributed by atoms with Gasteiger partial charge in [0.2, 0.25) is 0 Å². The summed E-state index contributed by atoms with van der Waals surface area (Å²) in [4.78, 5) is 12.7. The smallest absolute Gasteiger partial charge is 0.168 e. The van der Waals surface area contributed by atoms with E-state index in [1.807, 2.05) is 6.07 Å². The normalized spacial score (nSPS) is 26.1. The number of aliphatic hydroxyl groups is 2. The van der Waals surface area contributed by atoms with Crippen LogP contribution in [0.4, 0.5) is 0 Å². The van der Waals surface area contributed by atoms with Crippen LogP contribution in [0.5, 0.6) is 0 Å². The molecule has 0 spiro atoms. The second kappa shape index (κ2) is 6.77. The molecule has 0 heterocycles. The molecule has 0 aromatic heterocycles. The van der Waals surface area contributed by atoms with Crippen molar-refractivity contribution in [1.82, 2.24) is 0 Å². The van der Waals surface area contributed by atoms with E-state index in [9.17, 15) is 15.0 Å². The van der Waals surface area contributed by atoms with E-state index in [0.717, 1.165) is 56.9 Å². The number of hydrogen-bond donors (Lipinski definition) is 2. The molecule has 0 amide bonds. The van der Waals surface area contributed by atoms with Crippen molar-refractivity contribution in [3.8, 4) is 0 Å². The summed E-state index contributed by atoms with van der Waals surface area (Å²) in [7, 11) is 0. The number of ketones is 1. The number of carbonyl (C=O) groups excluding carboxylic acids is 1. The van der Waals surface area contributed by atoms with Crippen molar-refractivity contribution in [2.24, 2.45) is 11.8 Å². The summed E-state index contributed by atoms with van der Waals surface area (Å²) in [5, 5.41) is 19.4. The highest BCUT2D eigenvalue weighted by Gasteiger charge is 2.49. The summed E-state index contributed by atoms with van der Waals surface area (Å²) in [6, 6.07) is 3.67. The molecule has 2 saturated carbocycles. The highest BCUT2D eigenvalue weighted by atomic mass is 35.5. The molecule has 1 aromatic rings. The van der Waals surface area contributed by atoms with Gasteiger partial charge in [0, 0.05) is 34.9 Å². The van der Waals surface area contributed by atoms with Gasteiger partial charge in [-0.2, -0.15) is 0 Å². The van der Waals surface area contributed by atoms with Crippen LogP contribution in [0.3, 0.4) is 0 Å². The maximum Gasteiger partial charge on any atom is 0.168 e. The minimum Gasteiger partial charge on any atom is -0.371 e. The number of alkyl halides is 2. The predicted octanol–water partition coefficient (Wildman–Crippen LogP) is 4.96. The number of carbonyl (C=O) groups is 1. The Hall–Kier alpha value is -0.610. The molecule has 0 bridgehead atoms. The Bertz CT molecular complexity index is 714. The van der Waals surface area contributed by atoms with E-state index in [1.54, 1.807) is 6.07 Å². The lowest BCUT2D eigenvalue weighted by Gasteiger charge is -2.37. The van der Waals surface area contributed by atoms with E-state index in [0.29, 0.717) is 29.5 Å². The Kier molecular flexibility index (Phi) is 4.88. The molecule has 2 unspecified atom stereocenters. The van der Waals surface area contributed by atoms with Crippen molar-refractivity contribution in [1.29, 1.82) is 0 Å². The average molecular weight is 397 g/mol. The third-order valence-electron chi connectivity index (χ3n) is 6.71. The molecular formula is C21H26Cl2O3. The van der Waals surface area contributed by atoms with Gasteiger partial charge in [0.15, 0.2) is 15.9 Å². The molecule has 2 fully saturated rings. The summed E-state index contributed by atoms with van der Waals surface area (Å²) in [5.74, 6) is -0.222. The SMILES string of the molecule is O=C1CCc2ccc(C(O)(Cl)C3CCCC3)c(C(O)(Cl)C3CCCC3)c21. The fourth-order valence-corrected chi connectivity index (χ4v) is 6.03. The molecule has 3 aliphatic rings. The highest BCUT2D eigenvalue weighted by molar-refractivity contribution is 6.26. The summed E-state index contributed by atoms with van der Waals surface area (Å²) in [5.41, 5.74) is 2.23. The third kappa shape index (κ3) is 2.92. The second-order valence-electron chi connectivity index (χ2n) is 8.25. The summed E-state index contributed by atoms with van der Waals surface area (Å²) < 4.78 is 0. The first kappa shape index (κ1) is 18.7. The average Bonchev–Trinajstić information content (AvgIpc) is 3.36. The molecule has 3 nitrogen and oxygen atoms in total. The molecule has 0 radical (unpaired) electrons. The fraction of sp³-hybridized carbons (Fsp3) is 0.667. The van der Waals surface area contributed by atoms with E-state index >= 15 is 0 Å². The minimum absolute atomic E-state index is 0.00666. The largest absolute Gasteiger partial charge is 0.371 e. The van der Waals surface area contributed by atoms with Crippen molar-refractivity contribution in [2.75, 3.05) is 0 Å². The van der Waals surface area contributed by atoms with Gasteiger partial charge in [-0.25, -0.2) is 0 Å². The van der Waals surface area contributed by atoms with Gasteiger partial charge in [0.05, 0.1) is 0 Å². The van der Waals surface area contributed by atoms with E-state index in [4.69, 9.17) is 23.2 Å². The molecule has 5 heteroatoms. The number of aryl methyl sites for hydroxylation is 1. The van der Waals surface area contributed by atoms with Gasteiger partial charge in [-0.05, 0) is 37.7 Å². The second-order valence-corrected chi connectivity index (χ2v) is 9.41. The van der Waals surface area contributed by atoms with Gasteiger partial charge in [-0.3, -0.25) is 4.79 Å². The lowest BCUT2D eigenvalue weighted by molar-refractivity contribution is 0.0396. The first-order valence-corrected chi connectivity index (χ1v) is 10.6. The zero-order chi connectivity index (χ0) is 18.5. The van der Waals surface area contributed by atoms with Gasteiger partial charge in [-0.15, -0.1) is 0 Å². The number of halogens is 2. The van der Waals surface area contributed by atoms with E-state index in [2.05, 4.69) is 0 Å². The quantitative estimate of drug-likeness (QED) is 0.706. The summed E-state index contributed by atoms with van der Waals surface area (Å²) >= 11 is 13.5. The maximum absolute atomic E-state index is 12.7. The standard InChI is InChI=1S/C21H26Cl2O3/c22-20(25,14-5-1-2-6-14)16-11-9-13-10-12-17(24)18(13)19(16)21(23,26)15-7-3-4-8-15/h9,11,14-15,25-26H,1-8,10,12H2. The summed E-state index contributed by atoms with van der Waals surface area (Å²) in [6.45, 7) is 0. The number of hydrogen-bond acceptors (Lipinski definition) is 3. The maximum atomic E-state index is 12.7. The van der Waals surface area contributed by atoms with Crippen LogP contribution in [-0.4, -0.2) is 16.0 Å². The minimum atomic E-state index is -1.67. The van der Waals surface area contributed by atoms with Crippen molar-refractivity contribution in [2.45, 2.75) is 74.3 Å². The van der Waals surface area contributed by atoms with E-state index in [1.165, 1.54) is 0 Å². The molecule has 0 aliphatic heterocycles. The molecule has 3 aliphatic carbocycles. The van der Waals surface area contributed by atoms with Crippen LogP contribution in [0, 0.1) is 11.8 Å². The van der Waals surface area contributed by atoms with E-state index < -0.39 is 10.1 Å². The number of benzene rings is 1. The lowest BCUT2D eigenvalue weighted by Crippen LogP contribution is -2.36. The van der Waals surface area contributed by atoms with Gasteiger partial charge in [0.1, 0.15) is 0 Å². The van der Waals surface area contributed by atoms with Crippen LogP contribution in [-0.2, 0) is 16.5 Å². The molecule has 142 valence electrons. The van der Waals surface area contributed by atoms with Gasteiger partial charge < -0.3 is 10.2 Å². The zero-order valence-corrected chi connectivity index (χ0v) is 16.5. The number of rotatable bonds is 4. The molecule has 2 atom stereocenters. The van der Waals surface area contributed by atoms with Crippen molar-refractivity contribution in [3.63, 3.8) is 0 Å². The molecule has 2 N–H and O–H groups in total. The first-order chi connectivity index (χ1) is 12.3. The van der Waals surface area contributed by atoms with Crippen LogP contribution >= 0.6 is 23.2 Å². The Labute approximate surface area is 164 Å². The van der Waals surface area contributed by atoms with Crippen LogP contribution < -0.4 is 0 Å². The van der Waals surface area contributed by atoms with Gasteiger partial charge >= 0.3 is 0 Å². The first-order valence-electron chi connectivity index (χ1n) is 9.86. The van der Waals surface area contributed by atoms with Crippen LogP contribution in [0.15, 0.2) is 12.1 Å². The molecular weight excluding hydrogens is 371 g/mol. The Morgan fingerprint density at radius 2 is 1.38 bits per heavy atom. The van der Waals surface area contributed by atoms with Crippen molar-refractivity contribution >= 4 is 29.0 Å². The topological polar surface area (TPSA) is 57.5 Å². The molecule has 26 heavy (non-hydrogen) atoms. The van der Waals surface area contributed by atoms with Crippen molar-refractivity contribution < 1.29 is 15.0 Å². The fourth-order valence-electron chi connectivity index (χ4n) is 5.24. The monoisotopic (exact) mass is 396 g/mol. The van der Waals surface area contributed by atoms with Crippen LogP contribution in [0.25, 0.3) is 0 Å². The Morgan fingerprint density at radius 3 is 1.96 bits per heavy atom. The number of Topliss-reactive ketones (excluding diaryl/α,β-unsaturated/α-hetero) is 1. The summed E-state index contributed by atoms with van der Waals surface area (Å²) in [6.07, 6.45) is 8.51. The van der Waals surface area contributed by atoms with Crippen molar-refractivity contribution in [3.05, 3.63) is 34.4 Å². The molecule has 1 aromatic carbocycles. The Morgan fingerprint density at radius 1 is 0.846 bits per heavy atom. The van der Waals surface area contributed by atoms with Crippen LogP contribution in [0.2, 0.25) is 0 Å². The Balaban J connectivity index is 1.89. The zero-order valence-electron chi connectivity index (χ0n) is 14.9. The highest BCUT2D eigenvalue weighted by Crippen LogP contribution is 2.52. The number of fused-ring (bicyclic) bond motifs is 1. The predicted molar refractivity (Wildman–Crippen MR) is 103 cm³/mol. The third-order valence-corrected chi connectivity index (χ3v) is 7.72. The lowest BCUT2D eigenvalue weighted by atomic mass is 9.81.